The van der Waals surface area contributed by atoms with Gasteiger partial charge in [-0.15, -0.1) is 11.3 Å². The first kappa shape index (κ1) is 22.1. The van der Waals surface area contributed by atoms with E-state index < -0.39 is 0 Å². The number of thiophene rings is 1. The van der Waals surface area contributed by atoms with E-state index in [1.165, 1.54) is 0 Å². The third-order valence-electron chi connectivity index (χ3n) is 5.62. The average molecular weight is 452 g/mol. The number of hydrogen-bond donors (Lipinski definition) is 0. The molecule has 168 valence electrons. The summed E-state index contributed by atoms with van der Waals surface area (Å²) < 4.78 is 13.6. The molecule has 0 saturated heterocycles. The highest BCUT2D eigenvalue weighted by molar-refractivity contribution is 7.12. The summed E-state index contributed by atoms with van der Waals surface area (Å²) in [5.41, 5.74) is 4.82. The lowest BCUT2D eigenvalue weighted by atomic mass is 9.98. The van der Waals surface area contributed by atoms with E-state index in [0.29, 0.717) is 5.69 Å². The fraction of sp³-hybridized carbons (Fsp3) is 0.360. The van der Waals surface area contributed by atoms with E-state index in [-0.39, 0.29) is 18.1 Å². The molecule has 32 heavy (non-hydrogen) atoms. The molecule has 1 aliphatic heterocycles. The van der Waals surface area contributed by atoms with Gasteiger partial charge in [-0.05, 0) is 58.2 Å². The second-order valence-electron chi connectivity index (χ2n) is 9.17. The molecule has 7 heteroatoms. The minimum Gasteiger partial charge on any atom is -0.496 e. The van der Waals surface area contributed by atoms with Crippen LogP contribution in [0.2, 0.25) is 0 Å². The Hall–Kier alpha value is -3.06. The van der Waals surface area contributed by atoms with E-state index >= 15 is 0 Å². The van der Waals surface area contributed by atoms with Crippen LogP contribution in [0.3, 0.4) is 0 Å². The van der Waals surface area contributed by atoms with Gasteiger partial charge in [-0.2, -0.15) is 5.10 Å². The predicted octanol–water partition coefficient (Wildman–Crippen LogP) is 5.80. The molecule has 0 bridgehead atoms. The molecule has 3 aromatic rings. The first-order valence-corrected chi connectivity index (χ1v) is 11.4. The highest BCUT2D eigenvalue weighted by Crippen LogP contribution is 2.44. The van der Waals surface area contributed by atoms with Crippen molar-refractivity contribution < 1.29 is 14.3 Å². The van der Waals surface area contributed by atoms with Gasteiger partial charge >= 0.3 is 0 Å². The summed E-state index contributed by atoms with van der Waals surface area (Å²) >= 11 is 1.58. The second-order valence-corrected chi connectivity index (χ2v) is 10.1. The van der Waals surface area contributed by atoms with E-state index in [0.717, 1.165) is 44.5 Å². The number of benzene rings is 1. The molecule has 1 aromatic carbocycles. The Morgan fingerprint density at radius 1 is 1.31 bits per heavy atom. The summed E-state index contributed by atoms with van der Waals surface area (Å²) in [5.74, 6) is 1.36. The van der Waals surface area contributed by atoms with Crippen LogP contribution in [0, 0.1) is 0 Å². The van der Waals surface area contributed by atoms with Gasteiger partial charge < -0.3 is 14.4 Å². The monoisotopic (exact) mass is 451 g/mol. The fourth-order valence-corrected chi connectivity index (χ4v) is 4.37. The summed E-state index contributed by atoms with van der Waals surface area (Å²) in [6.07, 6.45) is 2.08. The number of aromatic nitrogens is 2. The van der Waals surface area contributed by atoms with Crippen molar-refractivity contribution in [2.45, 2.75) is 46.8 Å². The minimum atomic E-state index is -0.325. The molecule has 0 radical (unpaired) electrons. The van der Waals surface area contributed by atoms with E-state index in [1.54, 1.807) is 23.3 Å². The molecule has 2 aromatic heterocycles. The first-order chi connectivity index (χ1) is 15.1. The quantitative estimate of drug-likeness (QED) is 0.503. The Balaban J connectivity index is 1.97. The summed E-state index contributed by atoms with van der Waals surface area (Å²) in [4.78, 5) is 15.2. The molecule has 0 unspecified atom stereocenters. The van der Waals surface area contributed by atoms with Crippen LogP contribution in [-0.2, 0) is 6.61 Å². The van der Waals surface area contributed by atoms with Crippen LogP contribution in [0.5, 0.6) is 11.5 Å². The Morgan fingerprint density at radius 2 is 2.06 bits per heavy atom. The van der Waals surface area contributed by atoms with Crippen molar-refractivity contribution in [2.75, 3.05) is 14.2 Å². The number of carbonyl (C=O) groups excluding carboxylic acids is 1. The van der Waals surface area contributed by atoms with Crippen molar-refractivity contribution in [3.8, 4) is 27.8 Å². The third kappa shape index (κ3) is 3.81. The van der Waals surface area contributed by atoms with Crippen LogP contribution in [0.4, 0.5) is 0 Å². The zero-order valence-electron chi connectivity index (χ0n) is 19.6. The van der Waals surface area contributed by atoms with Gasteiger partial charge in [0.2, 0.25) is 0 Å². The Kier molecular flexibility index (Phi) is 5.63. The van der Waals surface area contributed by atoms with E-state index in [9.17, 15) is 4.79 Å². The van der Waals surface area contributed by atoms with Crippen LogP contribution < -0.4 is 9.47 Å². The standard InChI is InChI=1S/C25H29N3O3S/c1-15(2)11-16-12-17-20(13-19(16)30-7)31-14-18-22(24(29)27(6)25(3,4)5)26-28(23(17)18)21-9-8-10-32-21/h8-13H,14H2,1-7H3. The SMILES string of the molecule is COc1cc2c(cc1C=C(C)C)-c1c(c(C(=O)N(C)C(C)(C)C)nn1-c1cccs1)CO2. The Labute approximate surface area is 193 Å². The zero-order valence-corrected chi connectivity index (χ0v) is 20.5. The molecule has 0 saturated carbocycles. The number of rotatable bonds is 4. The first-order valence-electron chi connectivity index (χ1n) is 10.6. The van der Waals surface area contributed by atoms with Crippen LogP contribution >= 0.6 is 11.3 Å². The molecule has 1 aliphatic rings. The summed E-state index contributed by atoms with van der Waals surface area (Å²) in [7, 11) is 3.47. The predicted molar refractivity (Wildman–Crippen MR) is 129 cm³/mol. The van der Waals surface area contributed by atoms with Gasteiger partial charge in [0.15, 0.2) is 5.69 Å². The van der Waals surface area contributed by atoms with Crippen molar-refractivity contribution in [3.63, 3.8) is 0 Å². The zero-order chi connectivity index (χ0) is 23.2. The van der Waals surface area contributed by atoms with E-state index in [2.05, 4.69) is 26.0 Å². The van der Waals surface area contributed by atoms with Crippen LogP contribution in [-0.4, -0.2) is 40.3 Å². The lowest BCUT2D eigenvalue weighted by Crippen LogP contribution is -2.43. The average Bonchev–Trinajstić information content (AvgIpc) is 3.38. The van der Waals surface area contributed by atoms with Gasteiger partial charge in [-0.25, -0.2) is 4.68 Å². The topological polar surface area (TPSA) is 56.6 Å². The molecule has 3 heterocycles. The van der Waals surface area contributed by atoms with Crippen LogP contribution in [0.25, 0.3) is 22.3 Å². The maximum absolute atomic E-state index is 13.4. The number of methoxy groups -OCH3 is 1. The molecular formula is C25H29N3O3S. The summed E-state index contributed by atoms with van der Waals surface area (Å²) in [6, 6.07) is 7.98. The fourth-order valence-electron chi connectivity index (χ4n) is 3.68. The molecular weight excluding hydrogens is 422 g/mol. The number of allylic oxidation sites excluding steroid dienone is 1. The van der Waals surface area contributed by atoms with Crippen molar-refractivity contribution in [3.05, 3.63) is 52.0 Å². The van der Waals surface area contributed by atoms with E-state index in [4.69, 9.17) is 14.6 Å². The summed E-state index contributed by atoms with van der Waals surface area (Å²) in [6.45, 7) is 10.4. The molecule has 1 amide bonds. The third-order valence-corrected chi connectivity index (χ3v) is 6.46. The molecule has 4 rings (SSSR count). The van der Waals surface area contributed by atoms with Crippen molar-refractivity contribution in [1.29, 1.82) is 0 Å². The van der Waals surface area contributed by atoms with Crippen LogP contribution in [0.15, 0.2) is 35.2 Å². The molecule has 0 spiro atoms. The normalized spacial score (nSPS) is 12.5. The van der Waals surface area contributed by atoms with Gasteiger partial charge in [0.25, 0.3) is 5.91 Å². The molecule has 0 atom stereocenters. The lowest BCUT2D eigenvalue weighted by Gasteiger charge is -2.31. The lowest BCUT2D eigenvalue weighted by molar-refractivity contribution is 0.0646. The van der Waals surface area contributed by atoms with E-state index in [1.807, 2.05) is 56.1 Å². The minimum absolute atomic E-state index is 0.117. The maximum Gasteiger partial charge on any atom is 0.274 e. The van der Waals surface area contributed by atoms with Crippen molar-refractivity contribution in [1.82, 2.24) is 14.7 Å². The van der Waals surface area contributed by atoms with Crippen molar-refractivity contribution in [2.24, 2.45) is 0 Å². The molecule has 0 aliphatic carbocycles. The second kappa shape index (κ2) is 8.13. The largest absolute Gasteiger partial charge is 0.496 e. The molecule has 0 fully saturated rings. The Morgan fingerprint density at radius 3 is 2.66 bits per heavy atom. The number of ether oxygens (including phenoxy) is 2. The highest BCUT2D eigenvalue weighted by Gasteiger charge is 2.34. The van der Waals surface area contributed by atoms with Gasteiger partial charge in [-0.1, -0.05) is 11.6 Å². The van der Waals surface area contributed by atoms with Crippen molar-refractivity contribution >= 4 is 23.3 Å². The smallest absolute Gasteiger partial charge is 0.274 e. The number of carbonyl (C=O) groups is 1. The number of hydrogen-bond acceptors (Lipinski definition) is 5. The highest BCUT2D eigenvalue weighted by atomic mass is 32.1. The van der Waals surface area contributed by atoms with Gasteiger partial charge in [0, 0.05) is 35.3 Å². The Bertz CT molecular complexity index is 1200. The number of amides is 1. The van der Waals surface area contributed by atoms with Gasteiger partial charge in [0.05, 0.1) is 12.8 Å². The molecule has 6 nitrogen and oxygen atoms in total. The molecule has 0 N–H and O–H groups in total. The van der Waals surface area contributed by atoms with Gasteiger partial charge in [-0.3, -0.25) is 4.79 Å². The number of fused-ring (bicyclic) bond motifs is 3. The number of nitrogens with zero attached hydrogens (tertiary/aromatic N) is 3. The maximum atomic E-state index is 13.4. The van der Waals surface area contributed by atoms with Gasteiger partial charge in [0.1, 0.15) is 23.1 Å². The summed E-state index contributed by atoms with van der Waals surface area (Å²) in [5, 5.41) is 7.77. The van der Waals surface area contributed by atoms with Crippen LogP contribution in [0.1, 0.15) is 56.2 Å².